The second-order valence-electron chi connectivity index (χ2n) is 4.11. The summed E-state index contributed by atoms with van der Waals surface area (Å²) in [6.07, 6.45) is 1.25. The van der Waals surface area contributed by atoms with Gasteiger partial charge in [-0.05, 0) is 18.8 Å². The van der Waals surface area contributed by atoms with Gasteiger partial charge in [-0.15, -0.1) is 0 Å². The van der Waals surface area contributed by atoms with Crippen molar-refractivity contribution < 1.29 is 9.18 Å². The van der Waals surface area contributed by atoms with Crippen molar-refractivity contribution in [3.63, 3.8) is 0 Å². The number of amides is 1. The van der Waals surface area contributed by atoms with E-state index >= 15 is 0 Å². The van der Waals surface area contributed by atoms with Crippen LogP contribution in [0.2, 0.25) is 0 Å². The minimum atomic E-state index is -0.758. The van der Waals surface area contributed by atoms with Crippen LogP contribution in [0.4, 0.5) is 4.39 Å². The molecule has 0 bridgehead atoms. The van der Waals surface area contributed by atoms with Crippen molar-refractivity contribution in [3.8, 4) is 0 Å². The van der Waals surface area contributed by atoms with Crippen molar-refractivity contribution in [2.75, 3.05) is 13.1 Å². The second kappa shape index (κ2) is 2.71. The summed E-state index contributed by atoms with van der Waals surface area (Å²) < 4.78 is 12.4. The number of carbonyl (C=O) groups excluding carboxylic acids is 1. The number of alkyl halides is 1. The van der Waals surface area contributed by atoms with Crippen LogP contribution in [-0.4, -0.2) is 30.1 Å². The van der Waals surface area contributed by atoms with Gasteiger partial charge in [0.15, 0.2) is 0 Å². The lowest BCUT2D eigenvalue weighted by molar-refractivity contribution is -0.146. The molecule has 12 heavy (non-hydrogen) atoms. The van der Waals surface area contributed by atoms with Crippen LogP contribution in [0.25, 0.3) is 0 Å². The lowest BCUT2D eigenvalue weighted by atomic mass is 9.75. The highest BCUT2D eigenvalue weighted by atomic mass is 19.1. The van der Waals surface area contributed by atoms with E-state index in [9.17, 15) is 9.18 Å². The molecule has 1 saturated heterocycles. The van der Waals surface area contributed by atoms with Crippen molar-refractivity contribution in [1.29, 1.82) is 0 Å². The van der Waals surface area contributed by atoms with E-state index in [0.717, 1.165) is 12.8 Å². The number of rotatable bonds is 1. The molecule has 0 aromatic carbocycles. The molecule has 0 unspecified atom stereocenters. The molecule has 2 aliphatic rings. The molecule has 1 amide bonds. The van der Waals surface area contributed by atoms with Gasteiger partial charge in [0.1, 0.15) is 6.17 Å². The zero-order chi connectivity index (χ0) is 8.72. The van der Waals surface area contributed by atoms with Crippen LogP contribution in [-0.2, 0) is 4.79 Å². The van der Waals surface area contributed by atoms with E-state index in [1.54, 1.807) is 4.90 Å². The molecule has 0 aromatic heterocycles. The highest BCUT2D eigenvalue weighted by molar-refractivity contribution is 5.80. The Balaban J connectivity index is 1.78. The molecule has 2 fully saturated rings. The molecule has 0 radical (unpaired) electrons. The van der Waals surface area contributed by atoms with E-state index in [1.165, 1.54) is 0 Å². The fourth-order valence-corrected chi connectivity index (χ4v) is 1.97. The van der Waals surface area contributed by atoms with E-state index in [-0.39, 0.29) is 11.8 Å². The van der Waals surface area contributed by atoms with Gasteiger partial charge in [-0.25, -0.2) is 4.39 Å². The van der Waals surface area contributed by atoms with Crippen LogP contribution in [0, 0.1) is 11.8 Å². The van der Waals surface area contributed by atoms with Crippen molar-refractivity contribution in [1.82, 2.24) is 4.90 Å². The van der Waals surface area contributed by atoms with Gasteiger partial charge in [-0.2, -0.15) is 0 Å². The first-order valence-corrected chi connectivity index (χ1v) is 4.59. The molecule has 3 heteroatoms. The molecule has 0 spiro atoms. The van der Waals surface area contributed by atoms with Gasteiger partial charge in [0.2, 0.25) is 5.91 Å². The van der Waals surface area contributed by atoms with Gasteiger partial charge in [0.05, 0.1) is 13.1 Å². The summed E-state index contributed by atoms with van der Waals surface area (Å²) >= 11 is 0. The Morgan fingerprint density at radius 3 is 2.42 bits per heavy atom. The van der Waals surface area contributed by atoms with E-state index in [2.05, 4.69) is 6.92 Å². The molecular formula is C9H14FNO. The molecule has 0 N–H and O–H groups in total. The van der Waals surface area contributed by atoms with Gasteiger partial charge < -0.3 is 4.90 Å². The summed E-state index contributed by atoms with van der Waals surface area (Å²) in [4.78, 5) is 13.1. The Morgan fingerprint density at radius 1 is 1.42 bits per heavy atom. The fourth-order valence-electron chi connectivity index (χ4n) is 1.97. The van der Waals surface area contributed by atoms with Crippen LogP contribution in [0.1, 0.15) is 19.8 Å². The first kappa shape index (κ1) is 8.02. The minimum absolute atomic E-state index is 0.182. The quantitative estimate of drug-likeness (QED) is 0.580. The number of nitrogens with zero attached hydrogens (tertiary/aromatic N) is 1. The fraction of sp³-hybridized carbons (Fsp3) is 0.889. The SMILES string of the molecule is CC1CC(C(=O)N2CC(F)C2)C1. The average molecular weight is 171 g/mol. The molecule has 68 valence electrons. The van der Waals surface area contributed by atoms with Gasteiger partial charge in [-0.1, -0.05) is 6.92 Å². The number of halogens is 1. The summed E-state index contributed by atoms with van der Waals surface area (Å²) in [6.45, 7) is 2.82. The Morgan fingerprint density at radius 2 is 2.00 bits per heavy atom. The Labute approximate surface area is 71.7 Å². The summed E-state index contributed by atoms with van der Waals surface area (Å²) in [6, 6.07) is 0. The van der Waals surface area contributed by atoms with Crippen LogP contribution in [0.5, 0.6) is 0 Å². The molecule has 2 rings (SSSR count). The summed E-state index contributed by atoms with van der Waals surface area (Å²) in [7, 11) is 0. The molecule has 0 atom stereocenters. The normalized spacial score (nSPS) is 35.7. The van der Waals surface area contributed by atoms with Crippen LogP contribution in [0.3, 0.4) is 0 Å². The third-order valence-corrected chi connectivity index (χ3v) is 2.87. The lowest BCUT2D eigenvalue weighted by Gasteiger charge is -2.41. The van der Waals surface area contributed by atoms with E-state index in [1.807, 2.05) is 0 Å². The maximum absolute atomic E-state index is 12.4. The monoisotopic (exact) mass is 171 g/mol. The van der Waals surface area contributed by atoms with E-state index in [4.69, 9.17) is 0 Å². The third kappa shape index (κ3) is 1.21. The summed E-state index contributed by atoms with van der Waals surface area (Å²) in [5.41, 5.74) is 0. The van der Waals surface area contributed by atoms with Gasteiger partial charge >= 0.3 is 0 Å². The molecule has 1 saturated carbocycles. The zero-order valence-corrected chi connectivity index (χ0v) is 7.29. The first-order chi connectivity index (χ1) is 5.66. The van der Waals surface area contributed by atoms with Crippen molar-refractivity contribution in [2.24, 2.45) is 11.8 Å². The maximum Gasteiger partial charge on any atom is 0.225 e. The van der Waals surface area contributed by atoms with Crippen LogP contribution in [0.15, 0.2) is 0 Å². The average Bonchev–Trinajstić information content (AvgIpc) is 1.91. The Bertz CT molecular complexity index is 175. The minimum Gasteiger partial charge on any atom is -0.336 e. The first-order valence-electron chi connectivity index (χ1n) is 4.59. The van der Waals surface area contributed by atoms with Gasteiger partial charge in [-0.3, -0.25) is 4.79 Å². The predicted octanol–water partition coefficient (Wildman–Crippen LogP) is 1.21. The predicted molar refractivity (Wildman–Crippen MR) is 43.4 cm³/mol. The van der Waals surface area contributed by atoms with E-state index < -0.39 is 6.17 Å². The largest absolute Gasteiger partial charge is 0.336 e. The van der Waals surface area contributed by atoms with Crippen molar-refractivity contribution >= 4 is 5.91 Å². The molecule has 2 nitrogen and oxygen atoms in total. The maximum atomic E-state index is 12.4. The number of likely N-dealkylation sites (tertiary alicyclic amines) is 1. The Hall–Kier alpha value is -0.600. The zero-order valence-electron chi connectivity index (χ0n) is 7.29. The number of hydrogen-bond acceptors (Lipinski definition) is 1. The highest BCUT2D eigenvalue weighted by Crippen LogP contribution is 2.35. The topological polar surface area (TPSA) is 20.3 Å². The van der Waals surface area contributed by atoms with E-state index in [0.29, 0.717) is 19.0 Å². The van der Waals surface area contributed by atoms with Gasteiger partial charge in [0.25, 0.3) is 0 Å². The van der Waals surface area contributed by atoms with Crippen molar-refractivity contribution in [3.05, 3.63) is 0 Å². The van der Waals surface area contributed by atoms with Crippen LogP contribution >= 0.6 is 0 Å². The smallest absolute Gasteiger partial charge is 0.225 e. The van der Waals surface area contributed by atoms with Crippen LogP contribution < -0.4 is 0 Å². The van der Waals surface area contributed by atoms with Gasteiger partial charge in [0, 0.05) is 5.92 Å². The Kier molecular flexibility index (Phi) is 1.81. The summed E-state index contributed by atoms with van der Waals surface area (Å²) in [5, 5.41) is 0. The number of hydrogen-bond donors (Lipinski definition) is 0. The molecule has 1 aliphatic heterocycles. The molecule has 1 heterocycles. The summed E-state index contributed by atoms with van der Waals surface area (Å²) in [5.74, 6) is 1.09. The molecular weight excluding hydrogens is 157 g/mol. The highest BCUT2D eigenvalue weighted by Gasteiger charge is 2.39. The second-order valence-corrected chi connectivity index (χ2v) is 4.11. The molecule has 0 aromatic rings. The number of carbonyl (C=O) groups is 1. The lowest BCUT2D eigenvalue weighted by Crippen LogP contribution is -2.54. The standard InChI is InChI=1S/C9H14FNO/c1-6-2-7(3-6)9(12)11-4-8(10)5-11/h6-8H,2-5H2,1H3. The van der Waals surface area contributed by atoms with Crippen molar-refractivity contribution in [2.45, 2.75) is 25.9 Å². The molecule has 1 aliphatic carbocycles. The third-order valence-electron chi connectivity index (χ3n) is 2.87.